The van der Waals surface area contributed by atoms with Gasteiger partial charge in [0, 0.05) is 88.9 Å². The van der Waals surface area contributed by atoms with Crippen LogP contribution in [0.25, 0.3) is 22.1 Å². The number of aromatic nitrogens is 4. The van der Waals surface area contributed by atoms with E-state index in [1.807, 2.05) is 13.8 Å². The third kappa shape index (κ3) is 26.6. The lowest BCUT2D eigenvalue weighted by atomic mass is 10.3. The van der Waals surface area contributed by atoms with Crippen molar-refractivity contribution >= 4 is 57.9 Å². The standard InChI is InChI=1S/2C18H28N4O.3C4H4O4.H2O/c2*1-3-23-14-13-22-17-8-5-4-7-16(17)19-18(22)15-21-10-6-9-20(2)11-12-21;3*5-3(6)1-2-4(7)8;/h2*4-5,7-8H,3,6,9-15H2,1-2H3;3*1-2H,(H,5,6)(H,7,8);1H2/b;;3*2-1+;. The molecule has 0 bridgehead atoms. The predicted octanol–water partition coefficient (Wildman–Crippen LogP) is 2.73. The zero-order chi connectivity index (χ0) is 51.8. The number of rotatable bonds is 18. The van der Waals surface area contributed by atoms with Gasteiger partial charge in [-0.15, -0.1) is 0 Å². The van der Waals surface area contributed by atoms with E-state index in [0.717, 1.165) is 115 Å². The molecule has 8 N–H and O–H groups in total. The van der Waals surface area contributed by atoms with E-state index in [1.54, 1.807) is 0 Å². The average molecular weight is 999 g/mol. The van der Waals surface area contributed by atoms with Gasteiger partial charge >= 0.3 is 35.8 Å². The van der Waals surface area contributed by atoms with Crippen LogP contribution in [-0.4, -0.2) is 204 Å². The Morgan fingerprint density at radius 2 is 0.803 bits per heavy atom. The van der Waals surface area contributed by atoms with Crippen molar-refractivity contribution in [1.82, 2.24) is 38.7 Å². The van der Waals surface area contributed by atoms with Gasteiger partial charge in [-0.1, -0.05) is 24.3 Å². The van der Waals surface area contributed by atoms with Gasteiger partial charge in [0.05, 0.1) is 48.4 Å². The van der Waals surface area contributed by atoms with E-state index in [0.29, 0.717) is 36.5 Å². The highest BCUT2D eigenvalue weighted by Crippen LogP contribution is 2.20. The van der Waals surface area contributed by atoms with Crippen LogP contribution in [0.15, 0.2) is 85.0 Å². The minimum absolute atomic E-state index is 0. The summed E-state index contributed by atoms with van der Waals surface area (Å²) in [5, 5.41) is 46.9. The first kappa shape index (κ1) is 62.2. The molecule has 71 heavy (non-hydrogen) atoms. The molecule has 4 aromatic rings. The van der Waals surface area contributed by atoms with Crippen LogP contribution in [0.3, 0.4) is 0 Å². The molecule has 0 spiro atoms. The number of aliphatic carboxylic acids is 6. The molecule has 0 unspecified atom stereocenters. The second-order valence-corrected chi connectivity index (χ2v) is 15.6. The second-order valence-electron chi connectivity index (χ2n) is 15.6. The average Bonchev–Trinajstić information content (AvgIpc) is 3.65. The Bertz CT molecular complexity index is 2110. The Labute approximate surface area is 412 Å². The maximum Gasteiger partial charge on any atom is 0.328 e. The Morgan fingerprint density at radius 1 is 0.493 bits per heavy atom. The SMILES string of the molecule is CCOCCn1c(CN2CCCN(C)CC2)nc2ccccc21.CCOCCn1c(CN2CCCN(C)CC2)nc2ccccc21.O.O=C(O)/C=C/C(=O)O.O=C(O)/C=C/C(=O)O.O=C(O)/C=C/C(=O)O. The van der Waals surface area contributed by atoms with Gasteiger partial charge in [0.2, 0.25) is 0 Å². The number of likely N-dealkylation sites (N-methyl/N-ethyl adjacent to an activating group) is 2. The van der Waals surface area contributed by atoms with Crippen molar-refractivity contribution in [3.63, 3.8) is 0 Å². The summed E-state index contributed by atoms with van der Waals surface area (Å²) in [5.41, 5.74) is 4.61. The molecule has 0 aliphatic carbocycles. The second kappa shape index (κ2) is 35.3. The first-order chi connectivity index (χ1) is 33.4. The van der Waals surface area contributed by atoms with E-state index >= 15 is 0 Å². The summed E-state index contributed by atoms with van der Waals surface area (Å²) in [6.45, 7) is 19.9. The van der Waals surface area contributed by atoms with E-state index < -0.39 is 35.8 Å². The lowest BCUT2D eigenvalue weighted by molar-refractivity contribution is -0.134. The van der Waals surface area contributed by atoms with Gasteiger partial charge in [-0.2, -0.15) is 0 Å². The molecule has 0 radical (unpaired) electrons. The lowest BCUT2D eigenvalue weighted by Crippen LogP contribution is -2.29. The number of hydrogen-bond donors (Lipinski definition) is 6. The van der Waals surface area contributed by atoms with Gasteiger partial charge in [-0.25, -0.2) is 38.7 Å². The molecule has 2 aliphatic heterocycles. The molecule has 2 aromatic heterocycles. The van der Waals surface area contributed by atoms with Crippen molar-refractivity contribution in [3.05, 3.63) is 96.6 Å². The highest BCUT2D eigenvalue weighted by atomic mass is 16.5. The fourth-order valence-electron chi connectivity index (χ4n) is 6.94. The summed E-state index contributed by atoms with van der Waals surface area (Å²) in [6, 6.07) is 16.8. The summed E-state index contributed by atoms with van der Waals surface area (Å²) in [5.74, 6) is -5.22. The number of benzene rings is 2. The van der Waals surface area contributed by atoms with Crippen LogP contribution in [0.2, 0.25) is 0 Å². The Morgan fingerprint density at radius 3 is 1.10 bits per heavy atom. The third-order valence-corrected chi connectivity index (χ3v) is 10.3. The number of fused-ring (bicyclic) bond motifs is 2. The number of carboxylic acids is 6. The van der Waals surface area contributed by atoms with Crippen molar-refractivity contribution in [3.8, 4) is 0 Å². The van der Waals surface area contributed by atoms with E-state index in [2.05, 4.69) is 91.4 Å². The molecule has 23 heteroatoms. The number of carbonyl (C=O) groups is 6. The van der Waals surface area contributed by atoms with Gasteiger partial charge in [0.15, 0.2) is 0 Å². The molecule has 0 saturated carbocycles. The minimum atomic E-state index is -1.26. The van der Waals surface area contributed by atoms with Gasteiger partial charge in [0.25, 0.3) is 0 Å². The summed E-state index contributed by atoms with van der Waals surface area (Å²) in [4.78, 5) is 77.0. The van der Waals surface area contributed by atoms with Crippen molar-refractivity contribution in [2.24, 2.45) is 0 Å². The Kier molecular flexibility index (Phi) is 30.9. The molecule has 392 valence electrons. The first-order valence-electron chi connectivity index (χ1n) is 22.7. The molecule has 2 aliphatic rings. The topological polar surface area (TPSA) is 322 Å². The molecule has 0 amide bonds. The smallest absolute Gasteiger partial charge is 0.328 e. The molecule has 0 atom stereocenters. The largest absolute Gasteiger partial charge is 0.478 e. The van der Waals surface area contributed by atoms with Crippen LogP contribution < -0.4 is 0 Å². The van der Waals surface area contributed by atoms with Gasteiger partial charge in [-0.3, -0.25) is 9.80 Å². The number of nitrogens with zero attached hydrogens (tertiary/aromatic N) is 8. The van der Waals surface area contributed by atoms with Crippen LogP contribution in [-0.2, 0) is 64.4 Å². The number of para-hydroxylation sites is 4. The van der Waals surface area contributed by atoms with E-state index in [9.17, 15) is 28.8 Å². The third-order valence-electron chi connectivity index (χ3n) is 10.3. The highest BCUT2D eigenvalue weighted by Gasteiger charge is 2.18. The van der Waals surface area contributed by atoms with E-state index in [4.69, 9.17) is 50.1 Å². The number of hydrogen-bond acceptors (Lipinski definition) is 14. The lowest BCUT2D eigenvalue weighted by Gasteiger charge is -2.20. The maximum atomic E-state index is 9.55. The van der Waals surface area contributed by atoms with Crippen molar-refractivity contribution in [2.45, 2.75) is 52.9 Å². The summed E-state index contributed by atoms with van der Waals surface area (Å²) in [7, 11) is 4.42. The number of ether oxygens (including phenoxy) is 2. The predicted molar refractivity (Wildman–Crippen MR) is 264 cm³/mol. The zero-order valence-corrected chi connectivity index (χ0v) is 40.8. The molecular formula is C48H70N8O15. The first-order valence-corrected chi connectivity index (χ1v) is 22.7. The minimum Gasteiger partial charge on any atom is -0.478 e. The number of carboxylic acid groups (broad SMARTS) is 6. The summed E-state index contributed by atoms with van der Waals surface area (Å²) >= 11 is 0. The van der Waals surface area contributed by atoms with Gasteiger partial charge in [-0.05, 0) is 91.2 Å². The molecule has 23 nitrogen and oxygen atoms in total. The van der Waals surface area contributed by atoms with Gasteiger partial charge in [0.1, 0.15) is 11.6 Å². The molecule has 2 aromatic carbocycles. The van der Waals surface area contributed by atoms with Crippen LogP contribution in [0.4, 0.5) is 0 Å². The normalized spacial score (nSPS) is 14.6. The van der Waals surface area contributed by atoms with Crippen molar-refractivity contribution in [1.29, 1.82) is 0 Å². The van der Waals surface area contributed by atoms with Crippen LogP contribution in [0.5, 0.6) is 0 Å². The zero-order valence-electron chi connectivity index (χ0n) is 40.8. The van der Waals surface area contributed by atoms with Crippen LogP contribution in [0.1, 0.15) is 38.3 Å². The van der Waals surface area contributed by atoms with Crippen LogP contribution >= 0.6 is 0 Å². The maximum absolute atomic E-state index is 9.55. The Hall–Kier alpha value is -6.86. The quantitative estimate of drug-likeness (QED) is 0.0616. The van der Waals surface area contributed by atoms with E-state index in [1.165, 1.54) is 37.0 Å². The van der Waals surface area contributed by atoms with Crippen molar-refractivity contribution in [2.75, 3.05) is 92.9 Å². The highest BCUT2D eigenvalue weighted by molar-refractivity contribution is 5.90. The molecule has 2 fully saturated rings. The van der Waals surface area contributed by atoms with Crippen LogP contribution in [0, 0.1) is 0 Å². The van der Waals surface area contributed by atoms with Gasteiger partial charge < -0.3 is 64.5 Å². The molecule has 2 saturated heterocycles. The molecule has 6 rings (SSSR count). The van der Waals surface area contributed by atoms with Crippen molar-refractivity contribution < 1.29 is 74.4 Å². The number of imidazole rings is 2. The summed E-state index contributed by atoms with van der Waals surface area (Å²) < 4.78 is 15.8. The monoisotopic (exact) mass is 998 g/mol. The fourth-order valence-corrected chi connectivity index (χ4v) is 6.94. The molecular weight excluding hydrogens is 929 g/mol. The Balaban J connectivity index is 0.000000488. The fraction of sp³-hybridized carbons (Fsp3) is 0.458. The van der Waals surface area contributed by atoms with E-state index in [-0.39, 0.29) is 5.48 Å². The summed E-state index contributed by atoms with van der Waals surface area (Å²) in [6.07, 6.45) is 5.81. The molecule has 4 heterocycles.